The highest BCUT2D eigenvalue weighted by molar-refractivity contribution is 7.15. The number of ether oxygens (including phenoxy) is 3. The summed E-state index contributed by atoms with van der Waals surface area (Å²) in [6.45, 7) is 0. The minimum atomic E-state index is 0.130. The zero-order chi connectivity index (χ0) is 13.8. The molecule has 0 N–H and O–H groups in total. The fourth-order valence-electron chi connectivity index (χ4n) is 1.35. The highest BCUT2D eigenvalue weighted by Gasteiger charge is 2.11. The first-order valence-corrected chi connectivity index (χ1v) is 6.38. The summed E-state index contributed by atoms with van der Waals surface area (Å²) in [4.78, 5) is 14.9. The smallest absolute Gasteiger partial charge is 0.280 e. The Balaban J connectivity index is 2.28. The van der Waals surface area contributed by atoms with E-state index in [4.69, 9.17) is 25.8 Å². The van der Waals surface area contributed by atoms with Crippen molar-refractivity contribution in [1.82, 2.24) is 4.98 Å². The van der Waals surface area contributed by atoms with Crippen molar-refractivity contribution in [1.29, 1.82) is 0 Å². The van der Waals surface area contributed by atoms with Gasteiger partial charge in [-0.3, -0.25) is 4.79 Å². The van der Waals surface area contributed by atoms with E-state index < -0.39 is 0 Å². The predicted octanol–water partition coefficient (Wildman–Crippen LogP) is 3.42. The number of thiazole rings is 1. The van der Waals surface area contributed by atoms with Crippen LogP contribution in [0.4, 0.5) is 0 Å². The van der Waals surface area contributed by atoms with Crippen molar-refractivity contribution in [2.75, 3.05) is 14.2 Å². The molecule has 0 bridgehead atoms. The number of aldehydes is 1. The first-order chi connectivity index (χ1) is 9.16. The summed E-state index contributed by atoms with van der Waals surface area (Å²) < 4.78 is 15.8. The lowest BCUT2D eigenvalue weighted by molar-refractivity contribution is 0.112. The first kappa shape index (κ1) is 13.6. The van der Waals surface area contributed by atoms with Crippen molar-refractivity contribution in [3.63, 3.8) is 0 Å². The quantitative estimate of drug-likeness (QED) is 0.792. The van der Waals surface area contributed by atoms with Crippen LogP contribution in [0, 0.1) is 0 Å². The Morgan fingerprint density at radius 1 is 1.16 bits per heavy atom. The van der Waals surface area contributed by atoms with E-state index in [-0.39, 0.29) is 10.3 Å². The molecule has 0 aliphatic carbocycles. The summed E-state index contributed by atoms with van der Waals surface area (Å²) in [7, 11) is 3.09. The summed E-state index contributed by atoms with van der Waals surface area (Å²) >= 11 is 6.83. The Kier molecular flexibility index (Phi) is 4.24. The van der Waals surface area contributed by atoms with E-state index in [1.165, 1.54) is 0 Å². The van der Waals surface area contributed by atoms with E-state index in [2.05, 4.69) is 4.98 Å². The lowest BCUT2D eigenvalue weighted by atomic mass is 10.3. The number of rotatable bonds is 5. The van der Waals surface area contributed by atoms with Gasteiger partial charge in [0.15, 0.2) is 11.4 Å². The maximum atomic E-state index is 10.7. The Morgan fingerprint density at radius 3 is 2.21 bits per heavy atom. The van der Waals surface area contributed by atoms with Crippen molar-refractivity contribution in [2.24, 2.45) is 0 Å². The molecule has 0 radical (unpaired) electrons. The predicted molar refractivity (Wildman–Crippen MR) is 72.1 cm³/mol. The SMILES string of the molecule is COc1cc(OC)cc(Oc2nc(Cl)c(C=O)s2)c1. The number of benzene rings is 1. The Bertz CT molecular complexity index is 577. The van der Waals surface area contributed by atoms with E-state index >= 15 is 0 Å². The third-order valence-electron chi connectivity index (χ3n) is 2.23. The van der Waals surface area contributed by atoms with Gasteiger partial charge in [0.1, 0.15) is 22.1 Å². The van der Waals surface area contributed by atoms with E-state index in [0.717, 1.165) is 11.3 Å². The molecule has 7 heteroatoms. The Labute approximate surface area is 118 Å². The second kappa shape index (κ2) is 5.90. The van der Waals surface area contributed by atoms with Gasteiger partial charge in [-0.05, 0) is 0 Å². The molecule has 0 aliphatic heterocycles. The fraction of sp³-hybridized carbons (Fsp3) is 0.167. The second-order valence-corrected chi connectivity index (χ2v) is 4.75. The summed E-state index contributed by atoms with van der Waals surface area (Å²) in [5.41, 5.74) is 0. The maximum absolute atomic E-state index is 10.7. The van der Waals surface area contributed by atoms with Crippen LogP contribution in [0.1, 0.15) is 9.67 Å². The van der Waals surface area contributed by atoms with Crippen LogP contribution in [0.2, 0.25) is 5.15 Å². The molecule has 0 saturated carbocycles. The highest BCUT2D eigenvalue weighted by Crippen LogP contribution is 2.34. The number of methoxy groups -OCH3 is 2. The number of carbonyl (C=O) groups excluding carboxylic acids is 1. The average Bonchev–Trinajstić information content (AvgIpc) is 2.78. The molecule has 1 aromatic heterocycles. The molecule has 0 aliphatic rings. The fourth-order valence-corrected chi connectivity index (χ4v) is 2.28. The molecule has 0 unspecified atom stereocenters. The van der Waals surface area contributed by atoms with Crippen molar-refractivity contribution >= 4 is 29.2 Å². The molecule has 5 nitrogen and oxygen atoms in total. The third-order valence-corrected chi connectivity index (χ3v) is 3.49. The number of halogens is 1. The molecule has 2 rings (SSSR count). The lowest BCUT2D eigenvalue weighted by Crippen LogP contribution is -1.89. The third kappa shape index (κ3) is 3.15. The van der Waals surface area contributed by atoms with E-state index in [9.17, 15) is 4.79 Å². The maximum Gasteiger partial charge on any atom is 0.280 e. The first-order valence-electron chi connectivity index (χ1n) is 5.18. The van der Waals surface area contributed by atoms with Gasteiger partial charge in [0.2, 0.25) is 0 Å². The van der Waals surface area contributed by atoms with Gasteiger partial charge in [0.05, 0.1) is 14.2 Å². The van der Waals surface area contributed by atoms with Crippen molar-refractivity contribution < 1.29 is 19.0 Å². The molecule has 0 amide bonds. The second-order valence-electron chi connectivity index (χ2n) is 3.40. The van der Waals surface area contributed by atoms with Gasteiger partial charge in [0, 0.05) is 18.2 Å². The van der Waals surface area contributed by atoms with Crippen LogP contribution in [0.3, 0.4) is 0 Å². The van der Waals surface area contributed by atoms with Crippen molar-refractivity contribution in [3.8, 4) is 22.4 Å². The lowest BCUT2D eigenvalue weighted by Gasteiger charge is -2.07. The molecular formula is C12H10ClNO4S. The van der Waals surface area contributed by atoms with Crippen LogP contribution in [-0.4, -0.2) is 25.5 Å². The van der Waals surface area contributed by atoms with Crippen molar-refractivity contribution in [2.45, 2.75) is 0 Å². The topological polar surface area (TPSA) is 57.6 Å². The van der Waals surface area contributed by atoms with Gasteiger partial charge in [-0.15, -0.1) is 0 Å². The van der Waals surface area contributed by atoms with Crippen LogP contribution in [-0.2, 0) is 0 Å². The van der Waals surface area contributed by atoms with Crippen LogP contribution in [0.25, 0.3) is 0 Å². The van der Waals surface area contributed by atoms with Gasteiger partial charge in [-0.1, -0.05) is 22.9 Å². The van der Waals surface area contributed by atoms with Crippen LogP contribution in [0.5, 0.6) is 22.4 Å². The Hall–Kier alpha value is -1.79. The number of hydrogen-bond acceptors (Lipinski definition) is 6. The number of aromatic nitrogens is 1. The summed E-state index contributed by atoms with van der Waals surface area (Å²) in [5.74, 6) is 1.67. The van der Waals surface area contributed by atoms with Crippen LogP contribution < -0.4 is 14.2 Å². The number of hydrogen-bond donors (Lipinski definition) is 0. The average molecular weight is 300 g/mol. The van der Waals surface area contributed by atoms with Gasteiger partial charge in [-0.25, -0.2) is 0 Å². The number of nitrogens with zero attached hydrogens (tertiary/aromatic N) is 1. The molecule has 1 aromatic carbocycles. The van der Waals surface area contributed by atoms with Crippen LogP contribution >= 0.6 is 22.9 Å². The molecule has 19 heavy (non-hydrogen) atoms. The van der Waals surface area contributed by atoms with Gasteiger partial charge < -0.3 is 14.2 Å². The van der Waals surface area contributed by atoms with E-state index in [0.29, 0.717) is 28.4 Å². The monoisotopic (exact) mass is 299 g/mol. The summed E-state index contributed by atoms with van der Waals surface area (Å²) in [5, 5.41) is 0.410. The zero-order valence-corrected chi connectivity index (χ0v) is 11.7. The van der Waals surface area contributed by atoms with E-state index in [1.54, 1.807) is 32.4 Å². The standard InChI is InChI=1S/C12H10ClNO4S/c1-16-7-3-8(17-2)5-9(4-7)18-12-14-11(13)10(6-15)19-12/h3-6H,1-2H3. The van der Waals surface area contributed by atoms with E-state index in [1.807, 2.05) is 0 Å². The summed E-state index contributed by atoms with van der Waals surface area (Å²) in [6.07, 6.45) is 0.638. The molecule has 100 valence electrons. The minimum absolute atomic E-state index is 0.130. The summed E-state index contributed by atoms with van der Waals surface area (Å²) in [6, 6.07) is 5.08. The number of carbonyl (C=O) groups is 1. The van der Waals surface area contributed by atoms with Crippen LogP contribution in [0.15, 0.2) is 18.2 Å². The highest BCUT2D eigenvalue weighted by atomic mass is 35.5. The van der Waals surface area contributed by atoms with Gasteiger partial charge in [-0.2, -0.15) is 4.98 Å². The molecular weight excluding hydrogens is 290 g/mol. The molecule has 1 heterocycles. The van der Waals surface area contributed by atoms with Crippen molar-refractivity contribution in [3.05, 3.63) is 28.2 Å². The van der Waals surface area contributed by atoms with Gasteiger partial charge in [0.25, 0.3) is 5.19 Å². The molecule has 2 aromatic rings. The normalized spacial score (nSPS) is 10.1. The molecule has 0 fully saturated rings. The molecule has 0 atom stereocenters. The molecule has 0 spiro atoms. The minimum Gasteiger partial charge on any atom is -0.496 e. The largest absolute Gasteiger partial charge is 0.496 e. The molecule has 0 saturated heterocycles. The van der Waals surface area contributed by atoms with Gasteiger partial charge >= 0.3 is 0 Å². The zero-order valence-electron chi connectivity index (χ0n) is 10.2. The Morgan fingerprint density at radius 2 is 1.74 bits per heavy atom.